The number of furan rings is 1. The minimum Gasteiger partial charge on any atom is -0.502 e. The van der Waals surface area contributed by atoms with Gasteiger partial charge in [-0.05, 0) is 66.3 Å². The van der Waals surface area contributed by atoms with Crippen LogP contribution in [0.2, 0.25) is 0 Å². The van der Waals surface area contributed by atoms with E-state index in [-0.39, 0.29) is 23.9 Å². The predicted octanol–water partition coefficient (Wildman–Crippen LogP) is 5.85. The number of rotatable bonds is 18. The number of anilines is 1. The second-order valence-corrected chi connectivity index (χ2v) is 11.2. The average molecular weight is 661 g/mol. The first-order valence-electron chi connectivity index (χ1n) is 15.6. The highest BCUT2D eigenvalue weighted by Crippen LogP contribution is 2.46. The molecule has 4 N–H and O–H groups in total. The molecule has 0 aliphatic heterocycles. The molecule has 3 aromatic carbocycles. The summed E-state index contributed by atoms with van der Waals surface area (Å²) >= 11 is 0. The number of ketones is 1. The summed E-state index contributed by atoms with van der Waals surface area (Å²) in [6.45, 7) is 2.67. The van der Waals surface area contributed by atoms with E-state index in [0.29, 0.717) is 79.4 Å². The van der Waals surface area contributed by atoms with Gasteiger partial charge in [-0.25, -0.2) is 9.18 Å². The van der Waals surface area contributed by atoms with Crippen LogP contribution in [0.1, 0.15) is 50.6 Å². The number of carbonyl (C=O) groups is 3. The van der Waals surface area contributed by atoms with E-state index in [1.54, 1.807) is 37.4 Å². The first-order chi connectivity index (χ1) is 23.2. The molecule has 1 amide bonds. The number of allylic oxidation sites excluding steroid dienone is 1. The van der Waals surface area contributed by atoms with E-state index in [9.17, 15) is 23.9 Å². The fourth-order valence-electron chi connectivity index (χ4n) is 5.17. The van der Waals surface area contributed by atoms with E-state index in [2.05, 4.69) is 10.6 Å². The van der Waals surface area contributed by atoms with E-state index < -0.39 is 17.5 Å². The normalized spacial score (nSPS) is 13.1. The Morgan fingerprint density at radius 2 is 1.65 bits per heavy atom. The van der Waals surface area contributed by atoms with Crippen LogP contribution < -0.4 is 10.6 Å². The molecule has 0 spiro atoms. The third-order valence-electron chi connectivity index (χ3n) is 7.71. The van der Waals surface area contributed by atoms with Crippen LogP contribution in [0.15, 0.2) is 76.9 Å². The van der Waals surface area contributed by atoms with Crippen LogP contribution in [0, 0.1) is 5.82 Å². The van der Waals surface area contributed by atoms with Crippen LogP contribution in [0.25, 0.3) is 22.3 Å². The number of halogens is 1. The van der Waals surface area contributed by atoms with Crippen LogP contribution >= 0.6 is 0 Å². The molecular weight excluding hydrogens is 623 g/mol. The van der Waals surface area contributed by atoms with Crippen molar-refractivity contribution < 1.29 is 47.6 Å². The summed E-state index contributed by atoms with van der Waals surface area (Å²) < 4.78 is 36.6. The lowest BCUT2D eigenvalue weighted by Gasteiger charge is -2.13. The number of hydrogen-bond acceptors (Lipinski definition) is 9. The molecule has 12 heteroatoms. The first kappa shape index (κ1) is 34.3. The third kappa shape index (κ3) is 8.85. The number of aliphatic hydroxyl groups excluding tert-OH is 1. The molecule has 4 aromatic rings. The smallest absolute Gasteiger partial charge is 0.371 e. The molecule has 0 bridgehead atoms. The van der Waals surface area contributed by atoms with Crippen molar-refractivity contribution in [3.05, 3.63) is 101 Å². The predicted molar refractivity (Wildman–Crippen MR) is 176 cm³/mol. The molecule has 0 atom stereocenters. The van der Waals surface area contributed by atoms with Gasteiger partial charge >= 0.3 is 5.97 Å². The maximum absolute atomic E-state index is 13.6. The number of fused-ring (bicyclic) bond motifs is 1. The van der Waals surface area contributed by atoms with E-state index in [0.717, 1.165) is 29.7 Å². The largest absolute Gasteiger partial charge is 0.502 e. The van der Waals surface area contributed by atoms with Crippen LogP contribution in [0.5, 0.6) is 0 Å². The van der Waals surface area contributed by atoms with Crippen LogP contribution in [-0.4, -0.2) is 74.5 Å². The first-order valence-corrected chi connectivity index (χ1v) is 15.6. The fraction of sp³-hybridized carbons (Fsp3) is 0.306. The highest BCUT2D eigenvalue weighted by atomic mass is 19.1. The van der Waals surface area contributed by atoms with Gasteiger partial charge in [0.25, 0.3) is 5.91 Å². The van der Waals surface area contributed by atoms with Gasteiger partial charge in [-0.15, -0.1) is 0 Å². The van der Waals surface area contributed by atoms with Gasteiger partial charge in [0.1, 0.15) is 17.2 Å². The van der Waals surface area contributed by atoms with E-state index in [4.69, 9.17) is 23.7 Å². The number of nitrogens with one attached hydrogen (secondary N) is 2. The van der Waals surface area contributed by atoms with Crippen molar-refractivity contribution in [2.45, 2.75) is 25.4 Å². The number of carboxylic acid groups (broad SMARTS) is 1. The molecule has 0 saturated heterocycles. The Labute approximate surface area is 276 Å². The minimum absolute atomic E-state index is 0.231. The van der Waals surface area contributed by atoms with E-state index >= 15 is 0 Å². The number of hydrogen-bond donors (Lipinski definition) is 4. The Bertz CT molecular complexity index is 1800. The molecular formula is C36H37FN2O9. The van der Waals surface area contributed by atoms with Crippen molar-refractivity contribution in [1.29, 1.82) is 0 Å². The number of aliphatic hydroxyl groups is 1. The van der Waals surface area contributed by atoms with Gasteiger partial charge in [0.05, 0.1) is 45.2 Å². The number of benzene rings is 3. The molecule has 1 aliphatic carbocycles. The maximum Gasteiger partial charge on any atom is 0.371 e. The summed E-state index contributed by atoms with van der Waals surface area (Å²) in [6.07, 6.45) is 2.80. The van der Waals surface area contributed by atoms with Gasteiger partial charge in [-0.2, -0.15) is 0 Å². The summed E-state index contributed by atoms with van der Waals surface area (Å²) in [6, 6.07) is 16.3. The number of amides is 1. The van der Waals surface area contributed by atoms with Crippen molar-refractivity contribution in [1.82, 2.24) is 5.32 Å². The number of carboxylic acids is 1. The second kappa shape index (κ2) is 16.2. The molecule has 0 radical (unpaired) electrons. The van der Waals surface area contributed by atoms with Crippen LogP contribution in [0.4, 0.5) is 10.1 Å². The topological polar surface area (TPSA) is 157 Å². The monoisotopic (exact) mass is 660 g/mol. The van der Waals surface area contributed by atoms with Gasteiger partial charge in [0.15, 0.2) is 5.78 Å². The molecule has 252 valence electrons. The Balaban J connectivity index is 1.05. The summed E-state index contributed by atoms with van der Waals surface area (Å²) in [5.41, 5.74) is 4.61. The summed E-state index contributed by atoms with van der Waals surface area (Å²) in [5.74, 6) is -3.06. The highest BCUT2D eigenvalue weighted by Gasteiger charge is 2.29. The molecule has 1 aliphatic rings. The van der Waals surface area contributed by atoms with Crippen LogP contribution in [0.3, 0.4) is 0 Å². The van der Waals surface area contributed by atoms with Gasteiger partial charge in [-0.1, -0.05) is 18.2 Å². The molecule has 1 fully saturated rings. The zero-order chi connectivity index (χ0) is 34.0. The Morgan fingerprint density at radius 3 is 2.33 bits per heavy atom. The SMILES string of the molecule is CNC(=O)c1c(-c2ccc(F)cc2)oc2cc(NCCOCCOCCOCc3cccc(C(=O)/C=C(\O)C(=O)O)c3)c(C3CC3)cc12. The molecule has 1 heterocycles. The quantitative estimate of drug-likeness (QED) is 0.0442. The van der Waals surface area contributed by atoms with Gasteiger partial charge < -0.3 is 39.5 Å². The summed E-state index contributed by atoms with van der Waals surface area (Å²) in [4.78, 5) is 35.7. The molecule has 11 nitrogen and oxygen atoms in total. The summed E-state index contributed by atoms with van der Waals surface area (Å²) in [7, 11) is 1.57. The maximum atomic E-state index is 13.6. The Hall–Kier alpha value is -5.04. The van der Waals surface area contributed by atoms with Gasteiger partial charge in [0.2, 0.25) is 5.76 Å². The van der Waals surface area contributed by atoms with Gasteiger partial charge in [0, 0.05) is 47.9 Å². The van der Waals surface area contributed by atoms with Crippen molar-refractivity contribution >= 4 is 34.3 Å². The van der Waals surface area contributed by atoms with E-state index in [1.165, 1.54) is 18.2 Å². The molecule has 5 rings (SSSR count). The number of aliphatic carboxylic acids is 1. The average Bonchev–Trinajstić information content (AvgIpc) is 3.87. The minimum atomic E-state index is -1.57. The van der Waals surface area contributed by atoms with Crippen molar-refractivity contribution in [3.8, 4) is 11.3 Å². The van der Waals surface area contributed by atoms with E-state index in [1.807, 2.05) is 12.1 Å². The van der Waals surface area contributed by atoms with Crippen LogP contribution in [-0.2, 0) is 25.6 Å². The molecule has 0 unspecified atom stereocenters. The highest BCUT2D eigenvalue weighted by molar-refractivity contribution is 6.12. The molecule has 1 aromatic heterocycles. The van der Waals surface area contributed by atoms with Crippen molar-refractivity contribution in [3.63, 3.8) is 0 Å². The van der Waals surface area contributed by atoms with Crippen molar-refractivity contribution in [2.24, 2.45) is 0 Å². The van der Waals surface area contributed by atoms with Crippen molar-refractivity contribution in [2.75, 3.05) is 51.9 Å². The zero-order valence-corrected chi connectivity index (χ0v) is 26.4. The Morgan fingerprint density at radius 1 is 0.938 bits per heavy atom. The lowest BCUT2D eigenvalue weighted by molar-refractivity contribution is -0.135. The third-order valence-corrected chi connectivity index (χ3v) is 7.71. The Kier molecular flexibility index (Phi) is 11.6. The zero-order valence-electron chi connectivity index (χ0n) is 26.4. The second-order valence-electron chi connectivity index (χ2n) is 11.2. The lowest BCUT2D eigenvalue weighted by Crippen LogP contribution is -2.18. The number of ether oxygens (including phenoxy) is 3. The molecule has 1 saturated carbocycles. The fourth-order valence-corrected chi connectivity index (χ4v) is 5.17. The molecule has 48 heavy (non-hydrogen) atoms. The lowest BCUT2D eigenvalue weighted by atomic mass is 10.0. The standard InChI is InChI=1S/C36H37FN2O9/c1-38-35(42)33-28-18-27(23-5-6-23)29(19-32(28)48-34(33)24-7-9-26(37)10-8-24)39-11-12-45-13-14-46-15-16-47-21-22-3-2-4-25(17-22)30(40)20-31(41)36(43)44/h2-4,7-10,17-20,23,39,41H,5-6,11-16,21H2,1H3,(H,38,42)(H,43,44)/b31-20-. The number of carbonyl (C=O) groups excluding carboxylic acids is 2. The van der Waals surface area contributed by atoms with Gasteiger partial charge in [-0.3, -0.25) is 9.59 Å². The summed E-state index contributed by atoms with van der Waals surface area (Å²) in [5, 5.41) is 24.9.